The summed E-state index contributed by atoms with van der Waals surface area (Å²) in [5.41, 5.74) is 3.56. The molecule has 3 N–H and O–H groups in total. The molecule has 2 aliphatic rings. The molecule has 2 aliphatic carbocycles. The zero-order valence-corrected chi connectivity index (χ0v) is 19.9. The minimum Gasteiger partial charge on any atom is -0.480 e. The van der Waals surface area contributed by atoms with Gasteiger partial charge in [0.05, 0.1) is 5.75 Å². The van der Waals surface area contributed by atoms with E-state index in [1.807, 2.05) is 24.3 Å². The maximum Gasteiger partial charge on any atom is 0.407 e. The van der Waals surface area contributed by atoms with E-state index in [4.69, 9.17) is 4.74 Å². The Labute approximate surface area is 203 Å². The van der Waals surface area contributed by atoms with E-state index in [2.05, 4.69) is 34.9 Å². The predicted molar refractivity (Wildman–Crippen MR) is 132 cm³/mol. The number of rotatable bonds is 9. The van der Waals surface area contributed by atoms with Crippen LogP contribution in [-0.2, 0) is 14.3 Å². The third kappa shape index (κ3) is 5.38. The van der Waals surface area contributed by atoms with Crippen molar-refractivity contribution in [2.75, 3.05) is 24.7 Å². The van der Waals surface area contributed by atoms with E-state index in [-0.39, 0.29) is 24.2 Å². The van der Waals surface area contributed by atoms with E-state index in [1.165, 1.54) is 22.9 Å². The predicted octanol–water partition coefficient (Wildman–Crippen LogP) is 4.16. The van der Waals surface area contributed by atoms with Crippen molar-refractivity contribution >= 4 is 29.7 Å². The second-order valence-electron chi connectivity index (χ2n) is 8.80. The Balaban J connectivity index is 1.17. The smallest absolute Gasteiger partial charge is 0.407 e. The lowest BCUT2D eigenvalue weighted by Crippen LogP contribution is -2.56. The summed E-state index contributed by atoms with van der Waals surface area (Å²) in [5.74, 6) is -0.547. The van der Waals surface area contributed by atoms with Crippen LogP contribution in [-0.4, -0.2) is 53.3 Å². The molecule has 7 nitrogen and oxygen atoms in total. The largest absolute Gasteiger partial charge is 0.480 e. The van der Waals surface area contributed by atoms with Gasteiger partial charge in [0.25, 0.3) is 0 Å². The van der Waals surface area contributed by atoms with Crippen molar-refractivity contribution < 1.29 is 24.2 Å². The quantitative estimate of drug-likeness (QED) is 0.464. The monoisotopic (exact) mass is 482 g/mol. The molecule has 0 heterocycles. The maximum absolute atomic E-state index is 12.3. The van der Waals surface area contributed by atoms with Crippen molar-refractivity contribution in [3.05, 3.63) is 59.7 Å². The molecular weight excluding hydrogens is 452 g/mol. The molecule has 0 spiro atoms. The SMILES string of the molecule is O=C(CSCCNC(=O)OCC1c2ccccc2-c2ccccc21)NC1(C(=O)O)CCCCC1. The molecule has 180 valence electrons. The van der Waals surface area contributed by atoms with Crippen LogP contribution in [0.15, 0.2) is 48.5 Å². The summed E-state index contributed by atoms with van der Waals surface area (Å²) >= 11 is 1.35. The second-order valence-corrected chi connectivity index (χ2v) is 9.91. The normalized spacial score (nSPS) is 16.2. The van der Waals surface area contributed by atoms with Crippen molar-refractivity contribution in [3.8, 4) is 11.1 Å². The molecule has 0 bridgehead atoms. The number of amides is 2. The van der Waals surface area contributed by atoms with Gasteiger partial charge in [0.15, 0.2) is 0 Å². The topological polar surface area (TPSA) is 105 Å². The summed E-state index contributed by atoms with van der Waals surface area (Å²) in [6.45, 7) is 0.616. The average molecular weight is 483 g/mol. The molecule has 0 aromatic heterocycles. The number of alkyl carbamates (subject to hydrolysis) is 1. The van der Waals surface area contributed by atoms with Gasteiger partial charge in [-0.1, -0.05) is 67.8 Å². The Morgan fingerprint density at radius 2 is 1.59 bits per heavy atom. The van der Waals surface area contributed by atoms with Crippen LogP contribution in [0.3, 0.4) is 0 Å². The number of benzene rings is 2. The Morgan fingerprint density at radius 3 is 2.21 bits per heavy atom. The van der Waals surface area contributed by atoms with Gasteiger partial charge in [-0.3, -0.25) is 4.79 Å². The maximum atomic E-state index is 12.3. The van der Waals surface area contributed by atoms with Crippen LogP contribution in [0.25, 0.3) is 11.1 Å². The summed E-state index contributed by atoms with van der Waals surface area (Å²) < 4.78 is 5.50. The first-order chi connectivity index (χ1) is 16.5. The van der Waals surface area contributed by atoms with Crippen LogP contribution < -0.4 is 10.6 Å². The number of carbonyl (C=O) groups is 3. The molecule has 34 heavy (non-hydrogen) atoms. The standard InChI is InChI=1S/C26H30N2O5S/c29-23(28-26(24(30)31)12-6-1-7-13-26)17-34-15-14-27-25(32)33-16-22-20-10-4-2-8-18(20)19-9-3-5-11-21(19)22/h2-5,8-11,22H,1,6-7,12-17H2,(H,27,32)(H,28,29)(H,30,31). The van der Waals surface area contributed by atoms with Gasteiger partial charge in [0.1, 0.15) is 12.1 Å². The van der Waals surface area contributed by atoms with E-state index < -0.39 is 17.6 Å². The van der Waals surface area contributed by atoms with Crippen LogP contribution in [0.5, 0.6) is 0 Å². The molecule has 0 radical (unpaired) electrons. The minimum absolute atomic E-state index is 0.0116. The first kappa shape index (κ1) is 24.1. The fourth-order valence-corrected chi connectivity index (χ4v) is 5.54. The highest BCUT2D eigenvalue weighted by Crippen LogP contribution is 2.44. The lowest BCUT2D eigenvalue weighted by atomic mass is 9.81. The summed E-state index contributed by atoms with van der Waals surface area (Å²) in [5, 5.41) is 15.0. The summed E-state index contributed by atoms with van der Waals surface area (Å²) in [6.07, 6.45) is 3.08. The zero-order valence-electron chi connectivity index (χ0n) is 19.0. The van der Waals surface area contributed by atoms with E-state index in [1.54, 1.807) is 0 Å². The number of hydrogen-bond donors (Lipinski definition) is 3. The van der Waals surface area contributed by atoms with Gasteiger partial charge in [-0.2, -0.15) is 11.8 Å². The number of aliphatic carboxylic acids is 1. The van der Waals surface area contributed by atoms with Crippen molar-refractivity contribution in [2.24, 2.45) is 0 Å². The van der Waals surface area contributed by atoms with Gasteiger partial charge in [-0.05, 0) is 35.1 Å². The fourth-order valence-electron chi connectivity index (χ4n) is 4.89. The number of nitrogens with one attached hydrogen (secondary N) is 2. The van der Waals surface area contributed by atoms with Crippen molar-refractivity contribution in [1.82, 2.24) is 10.6 Å². The third-order valence-electron chi connectivity index (χ3n) is 6.59. The van der Waals surface area contributed by atoms with Gasteiger partial charge in [-0.15, -0.1) is 0 Å². The average Bonchev–Trinajstić information content (AvgIpc) is 3.17. The Morgan fingerprint density at radius 1 is 0.971 bits per heavy atom. The number of hydrogen-bond acceptors (Lipinski definition) is 5. The molecule has 2 amide bonds. The van der Waals surface area contributed by atoms with Gasteiger partial charge in [0.2, 0.25) is 5.91 Å². The first-order valence-electron chi connectivity index (χ1n) is 11.7. The van der Waals surface area contributed by atoms with Gasteiger partial charge in [0, 0.05) is 18.2 Å². The highest BCUT2D eigenvalue weighted by molar-refractivity contribution is 7.99. The van der Waals surface area contributed by atoms with E-state index in [0.29, 0.717) is 25.1 Å². The number of carbonyl (C=O) groups excluding carboxylic acids is 2. The number of thioether (sulfide) groups is 1. The Bertz CT molecular complexity index is 1010. The molecule has 0 atom stereocenters. The number of ether oxygens (including phenoxy) is 1. The van der Waals surface area contributed by atoms with E-state index in [0.717, 1.165) is 30.4 Å². The molecule has 1 fully saturated rings. The highest BCUT2D eigenvalue weighted by Gasteiger charge is 2.40. The van der Waals surface area contributed by atoms with Gasteiger partial charge < -0.3 is 20.5 Å². The number of carboxylic acid groups (broad SMARTS) is 1. The first-order valence-corrected chi connectivity index (χ1v) is 12.9. The molecule has 2 aromatic rings. The molecule has 0 saturated heterocycles. The fraction of sp³-hybridized carbons (Fsp3) is 0.423. The lowest BCUT2D eigenvalue weighted by Gasteiger charge is -2.33. The van der Waals surface area contributed by atoms with E-state index in [9.17, 15) is 19.5 Å². The van der Waals surface area contributed by atoms with Gasteiger partial charge in [-0.25, -0.2) is 9.59 Å². The molecule has 8 heteroatoms. The van der Waals surface area contributed by atoms with Crippen LogP contribution in [0.2, 0.25) is 0 Å². The third-order valence-corrected chi connectivity index (χ3v) is 7.55. The van der Waals surface area contributed by atoms with Crippen LogP contribution in [0, 0.1) is 0 Å². The van der Waals surface area contributed by atoms with E-state index >= 15 is 0 Å². The molecule has 4 rings (SSSR count). The van der Waals surface area contributed by atoms with Crippen LogP contribution in [0.1, 0.15) is 49.1 Å². The molecular formula is C26H30N2O5S. The highest BCUT2D eigenvalue weighted by atomic mass is 32.2. The van der Waals surface area contributed by atoms with Crippen molar-refractivity contribution in [3.63, 3.8) is 0 Å². The van der Waals surface area contributed by atoms with Crippen molar-refractivity contribution in [2.45, 2.75) is 43.6 Å². The molecule has 2 aromatic carbocycles. The van der Waals surface area contributed by atoms with Crippen LogP contribution in [0.4, 0.5) is 4.79 Å². The summed E-state index contributed by atoms with van der Waals surface area (Å²) in [4.78, 5) is 36.1. The molecule has 0 aliphatic heterocycles. The number of fused-ring (bicyclic) bond motifs is 3. The Hall–Kier alpha value is -3.00. The summed E-state index contributed by atoms with van der Waals surface area (Å²) in [7, 11) is 0. The summed E-state index contributed by atoms with van der Waals surface area (Å²) in [6, 6.07) is 16.4. The van der Waals surface area contributed by atoms with Crippen molar-refractivity contribution in [1.29, 1.82) is 0 Å². The van der Waals surface area contributed by atoms with Gasteiger partial charge >= 0.3 is 12.1 Å². The Kier molecular flexibility index (Phi) is 7.77. The van der Waals surface area contributed by atoms with Crippen LogP contribution >= 0.6 is 11.8 Å². The number of carboxylic acids is 1. The second kappa shape index (κ2) is 11.0. The molecule has 1 saturated carbocycles. The molecule has 0 unspecified atom stereocenters. The zero-order chi connectivity index (χ0) is 24.0. The minimum atomic E-state index is -1.13. The lowest BCUT2D eigenvalue weighted by molar-refractivity contribution is -0.148.